The van der Waals surface area contributed by atoms with Crippen LogP contribution in [0.5, 0.6) is 5.75 Å². The molecule has 1 aromatic rings. The summed E-state index contributed by atoms with van der Waals surface area (Å²) in [5, 5.41) is 0. The fraction of sp³-hybridized carbons (Fsp3) is 0.571. The topological polar surface area (TPSA) is 47.7 Å². The molecule has 108 valence electrons. The van der Waals surface area contributed by atoms with Crippen LogP contribution in [0.2, 0.25) is 0 Å². The van der Waals surface area contributed by atoms with E-state index in [1.54, 1.807) is 14.2 Å². The fourth-order valence-corrected chi connectivity index (χ4v) is 2.56. The fourth-order valence-electron chi connectivity index (χ4n) is 2.18. The number of halogens is 1. The zero-order valence-electron chi connectivity index (χ0n) is 11.9. The third kappa shape index (κ3) is 4.45. The molecule has 0 saturated heterocycles. The molecule has 0 fully saturated rings. The number of nitrogens with zero attached hydrogens (tertiary/aromatic N) is 1. The maximum absolute atomic E-state index is 5.97. The lowest BCUT2D eigenvalue weighted by Crippen LogP contribution is -2.36. The van der Waals surface area contributed by atoms with Gasteiger partial charge in [0.1, 0.15) is 5.75 Å². The van der Waals surface area contributed by atoms with Gasteiger partial charge in [-0.25, -0.2) is 0 Å². The minimum absolute atomic E-state index is 0.132. The van der Waals surface area contributed by atoms with Crippen molar-refractivity contribution in [2.75, 3.05) is 40.5 Å². The Morgan fingerprint density at radius 1 is 1.37 bits per heavy atom. The molecule has 0 spiro atoms. The molecule has 0 aliphatic carbocycles. The summed E-state index contributed by atoms with van der Waals surface area (Å²) in [7, 11) is 3.40. The highest BCUT2D eigenvalue weighted by Gasteiger charge is 2.21. The third-order valence-corrected chi connectivity index (χ3v) is 3.70. The van der Waals surface area contributed by atoms with Crippen LogP contribution in [0, 0.1) is 0 Å². The van der Waals surface area contributed by atoms with E-state index in [1.165, 1.54) is 0 Å². The van der Waals surface area contributed by atoms with Gasteiger partial charge >= 0.3 is 0 Å². The third-order valence-electron chi connectivity index (χ3n) is 3.20. The van der Waals surface area contributed by atoms with Crippen LogP contribution in [0.4, 0.5) is 0 Å². The Hall–Kier alpha value is -0.620. The Morgan fingerprint density at radius 2 is 2.11 bits per heavy atom. The van der Waals surface area contributed by atoms with E-state index in [0.717, 1.165) is 28.9 Å². The van der Waals surface area contributed by atoms with E-state index in [2.05, 4.69) is 33.8 Å². The molecule has 1 unspecified atom stereocenters. The van der Waals surface area contributed by atoms with E-state index >= 15 is 0 Å². The molecule has 0 aliphatic heterocycles. The van der Waals surface area contributed by atoms with E-state index in [1.807, 2.05) is 12.1 Å². The summed E-state index contributed by atoms with van der Waals surface area (Å²) in [5.41, 5.74) is 7.08. The highest BCUT2D eigenvalue weighted by atomic mass is 79.9. The SMILES string of the molecule is CCN(CCOC)C(CN)c1cc(Br)ccc1OC. The summed E-state index contributed by atoms with van der Waals surface area (Å²) < 4.78 is 11.6. The summed E-state index contributed by atoms with van der Waals surface area (Å²) in [6.45, 7) is 5.14. The molecular weight excluding hydrogens is 308 g/mol. The zero-order chi connectivity index (χ0) is 14.3. The molecule has 1 aromatic carbocycles. The van der Waals surface area contributed by atoms with E-state index in [9.17, 15) is 0 Å². The van der Waals surface area contributed by atoms with Gasteiger partial charge in [-0.2, -0.15) is 0 Å². The largest absolute Gasteiger partial charge is 0.496 e. The van der Waals surface area contributed by atoms with Crippen LogP contribution in [-0.4, -0.2) is 45.4 Å². The lowest BCUT2D eigenvalue weighted by atomic mass is 10.0. The Kier molecular flexibility index (Phi) is 7.38. The molecule has 0 heterocycles. The summed E-state index contributed by atoms with van der Waals surface area (Å²) >= 11 is 3.51. The average molecular weight is 331 g/mol. The molecule has 0 aliphatic rings. The number of methoxy groups -OCH3 is 2. The predicted octanol–water partition coefficient (Wildman–Crippen LogP) is 2.43. The van der Waals surface area contributed by atoms with Crippen LogP contribution in [0.25, 0.3) is 0 Å². The van der Waals surface area contributed by atoms with E-state index in [-0.39, 0.29) is 6.04 Å². The molecule has 0 bridgehead atoms. The summed E-state index contributed by atoms with van der Waals surface area (Å²) in [4.78, 5) is 2.30. The van der Waals surface area contributed by atoms with Crippen LogP contribution in [-0.2, 0) is 4.74 Å². The van der Waals surface area contributed by atoms with Gasteiger partial charge in [0.25, 0.3) is 0 Å². The molecule has 0 amide bonds. The summed E-state index contributed by atoms with van der Waals surface area (Å²) in [6, 6.07) is 6.15. The molecule has 0 aromatic heterocycles. The number of ether oxygens (including phenoxy) is 2. The van der Waals surface area contributed by atoms with Gasteiger partial charge in [-0.05, 0) is 24.7 Å². The molecule has 2 N–H and O–H groups in total. The van der Waals surface area contributed by atoms with Crippen molar-refractivity contribution in [3.63, 3.8) is 0 Å². The number of rotatable bonds is 8. The predicted molar refractivity (Wildman–Crippen MR) is 81.6 cm³/mol. The minimum Gasteiger partial charge on any atom is -0.496 e. The first-order valence-corrected chi connectivity index (χ1v) is 7.23. The maximum Gasteiger partial charge on any atom is 0.123 e. The van der Waals surface area contributed by atoms with Crippen LogP contribution >= 0.6 is 15.9 Å². The van der Waals surface area contributed by atoms with Crippen molar-refractivity contribution in [3.8, 4) is 5.75 Å². The van der Waals surface area contributed by atoms with Gasteiger partial charge in [-0.1, -0.05) is 22.9 Å². The smallest absolute Gasteiger partial charge is 0.123 e. The van der Waals surface area contributed by atoms with Gasteiger partial charge in [-0.15, -0.1) is 0 Å². The van der Waals surface area contributed by atoms with Crippen LogP contribution < -0.4 is 10.5 Å². The normalized spacial score (nSPS) is 12.7. The number of nitrogens with two attached hydrogens (primary N) is 1. The Labute approximate surface area is 124 Å². The Balaban J connectivity index is 3.02. The van der Waals surface area contributed by atoms with Gasteiger partial charge in [-0.3, -0.25) is 4.90 Å². The van der Waals surface area contributed by atoms with Crippen molar-refractivity contribution in [2.24, 2.45) is 5.73 Å². The van der Waals surface area contributed by atoms with Crippen molar-refractivity contribution in [1.29, 1.82) is 0 Å². The second-order valence-electron chi connectivity index (χ2n) is 4.26. The van der Waals surface area contributed by atoms with Gasteiger partial charge in [0.05, 0.1) is 19.8 Å². The molecule has 1 rings (SSSR count). The van der Waals surface area contributed by atoms with Gasteiger partial charge in [0.2, 0.25) is 0 Å². The van der Waals surface area contributed by atoms with Crippen molar-refractivity contribution >= 4 is 15.9 Å². The quantitative estimate of drug-likeness (QED) is 0.795. The van der Waals surface area contributed by atoms with E-state index in [0.29, 0.717) is 13.2 Å². The monoisotopic (exact) mass is 330 g/mol. The molecular formula is C14H23BrN2O2. The number of benzene rings is 1. The Bertz CT molecular complexity index is 388. The number of hydrogen-bond donors (Lipinski definition) is 1. The molecule has 5 heteroatoms. The minimum atomic E-state index is 0.132. The highest BCUT2D eigenvalue weighted by Crippen LogP contribution is 2.31. The van der Waals surface area contributed by atoms with Gasteiger partial charge < -0.3 is 15.2 Å². The summed E-state index contributed by atoms with van der Waals surface area (Å²) in [5.74, 6) is 0.870. The van der Waals surface area contributed by atoms with Crippen molar-refractivity contribution in [3.05, 3.63) is 28.2 Å². The molecule has 0 saturated carbocycles. The van der Waals surface area contributed by atoms with Crippen molar-refractivity contribution in [2.45, 2.75) is 13.0 Å². The second-order valence-corrected chi connectivity index (χ2v) is 5.17. The molecule has 4 nitrogen and oxygen atoms in total. The van der Waals surface area contributed by atoms with E-state index < -0.39 is 0 Å². The zero-order valence-corrected chi connectivity index (χ0v) is 13.4. The molecule has 0 radical (unpaired) electrons. The molecule has 1 atom stereocenters. The van der Waals surface area contributed by atoms with Crippen molar-refractivity contribution < 1.29 is 9.47 Å². The average Bonchev–Trinajstić information content (AvgIpc) is 2.43. The van der Waals surface area contributed by atoms with Gasteiger partial charge in [0.15, 0.2) is 0 Å². The van der Waals surface area contributed by atoms with Crippen molar-refractivity contribution in [1.82, 2.24) is 4.90 Å². The number of hydrogen-bond acceptors (Lipinski definition) is 4. The molecule has 19 heavy (non-hydrogen) atoms. The highest BCUT2D eigenvalue weighted by molar-refractivity contribution is 9.10. The van der Waals surface area contributed by atoms with Gasteiger partial charge in [0, 0.05) is 30.2 Å². The first-order chi connectivity index (χ1) is 9.17. The lowest BCUT2D eigenvalue weighted by Gasteiger charge is -2.31. The first-order valence-electron chi connectivity index (χ1n) is 6.44. The van der Waals surface area contributed by atoms with Crippen LogP contribution in [0.3, 0.4) is 0 Å². The first kappa shape index (κ1) is 16.4. The van der Waals surface area contributed by atoms with Crippen LogP contribution in [0.1, 0.15) is 18.5 Å². The lowest BCUT2D eigenvalue weighted by molar-refractivity contribution is 0.124. The second kappa shape index (κ2) is 8.53. The number of likely N-dealkylation sites (N-methyl/N-ethyl adjacent to an activating group) is 1. The van der Waals surface area contributed by atoms with E-state index in [4.69, 9.17) is 15.2 Å². The standard InChI is InChI=1S/C14H23BrN2O2/c1-4-17(7-8-18-2)13(10-16)12-9-11(15)5-6-14(12)19-3/h5-6,9,13H,4,7-8,10,16H2,1-3H3. The Morgan fingerprint density at radius 3 is 2.63 bits per heavy atom. The van der Waals surface area contributed by atoms with Crippen LogP contribution in [0.15, 0.2) is 22.7 Å². The summed E-state index contributed by atoms with van der Waals surface area (Å²) in [6.07, 6.45) is 0. The maximum atomic E-state index is 5.97.